The van der Waals surface area contributed by atoms with Gasteiger partial charge in [0.25, 0.3) is 0 Å². The van der Waals surface area contributed by atoms with Crippen LogP contribution < -0.4 is 5.32 Å². The molecule has 1 heterocycles. The van der Waals surface area contributed by atoms with E-state index in [4.69, 9.17) is 41.2 Å². The van der Waals surface area contributed by atoms with E-state index in [1.165, 1.54) is 0 Å². The van der Waals surface area contributed by atoms with Gasteiger partial charge in [0.2, 0.25) is 0 Å². The summed E-state index contributed by atoms with van der Waals surface area (Å²) in [6.45, 7) is 1.93. The molecule has 15 heavy (non-hydrogen) atoms. The van der Waals surface area contributed by atoms with Crippen molar-refractivity contribution in [3.05, 3.63) is 21.3 Å². The molecule has 1 rings (SSSR count). The van der Waals surface area contributed by atoms with Crippen molar-refractivity contribution in [1.29, 1.82) is 0 Å². The van der Waals surface area contributed by atoms with Crippen molar-refractivity contribution in [2.45, 2.75) is 19.4 Å². The highest BCUT2D eigenvalue weighted by molar-refractivity contribution is 6.42. The second kappa shape index (κ2) is 5.46. The molecule has 0 spiro atoms. The summed E-state index contributed by atoms with van der Waals surface area (Å²) in [6, 6.07) is 1.63. The molecule has 1 aromatic rings. The number of halogens is 3. The maximum atomic E-state index is 5.93. The number of anilines is 1. The Morgan fingerprint density at radius 1 is 1.47 bits per heavy atom. The number of nitrogens with zero attached hydrogens (tertiary/aromatic N) is 1. The van der Waals surface area contributed by atoms with Gasteiger partial charge in [-0.05, 0) is 13.0 Å². The van der Waals surface area contributed by atoms with Gasteiger partial charge in [0.05, 0.1) is 10.0 Å². The van der Waals surface area contributed by atoms with Gasteiger partial charge in [-0.15, -0.1) is 12.3 Å². The third-order valence-electron chi connectivity index (χ3n) is 1.69. The molecule has 0 aliphatic carbocycles. The minimum absolute atomic E-state index is 0.0808. The zero-order chi connectivity index (χ0) is 11.4. The molecule has 0 aromatic carbocycles. The average Bonchev–Trinajstić information content (AvgIpc) is 2.14. The van der Waals surface area contributed by atoms with Crippen LogP contribution >= 0.6 is 34.8 Å². The number of pyridine rings is 1. The Labute approximate surface area is 104 Å². The molecule has 0 saturated carbocycles. The highest BCUT2D eigenvalue weighted by atomic mass is 35.5. The minimum atomic E-state index is 0.0808. The first kappa shape index (κ1) is 12.4. The van der Waals surface area contributed by atoms with E-state index in [1.807, 2.05) is 6.92 Å². The van der Waals surface area contributed by atoms with Crippen molar-refractivity contribution in [3.63, 3.8) is 0 Å². The Balaban J connectivity index is 2.87. The number of hydrogen-bond donors (Lipinski definition) is 1. The van der Waals surface area contributed by atoms with Crippen molar-refractivity contribution in [2.24, 2.45) is 0 Å². The smallest absolute Gasteiger partial charge is 0.150 e. The Hall–Kier alpha value is -0.620. The van der Waals surface area contributed by atoms with Gasteiger partial charge in [-0.3, -0.25) is 0 Å². The Bertz CT molecular complexity index is 398. The fourth-order valence-electron chi connectivity index (χ4n) is 1.01. The lowest BCUT2D eigenvalue weighted by molar-refractivity contribution is 0.822. The van der Waals surface area contributed by atoms with Crippen molar-refractivity contribution >= 4 is 40.6 Å². The van der Waals surface area contributed by atoms with E-state index in [0.717, 1.165) is 0 Å². The molecule has 0 fully saturated rings. The largest absolute Gasteiger partial charge is 0.365 e. The summed E-state index contributed by atoms with van der Waals surface area (Å²) in [5.74, 6) is 3.04. The van der Waals surface area contributed by atoms with Crippen molar-refractivity contribution in [1.82, 2.24) is 4.98 Å². The first-order valence-electron chi connectivity index (χ1n) is 4.26. The Morgan fingerprint density at radius 3 is 2.73 bits per heavy atom. The highest BCUT2D eigenvalue weighted by Gasteiger charge is 2.09. The molecular formula is C10H9Cl3N2. The Morgan fingerprint density at radius 2 is 2.13 bits per heavy atom. The molecule has 0 amide bonds. The zero-order valence-electron chi connectivity index (χ0n) is 8.02. The van der Waals surface area contributed by atoms with Gasteiger partial charge in [-0.25, -0.2) is 4.98 Å². The molecule has 1 aromatic heterocycles. The summed E-state index contributed by atoms with van der Waals surface area (Å²) >= 11 is 17.4. The van der Waals surface area contributed by atoms with Crippen LogP contribution in [0, 0.1) is 12.3 Å². The van der Waals surface area contributed by atoms with Gasteiger partial charge in [0.15, 0.2) is 0 Å². The van der Waals surface area contributed by atoms with Crippen molar-refractivity contribution < 1.29 is 0 Å². The summed E-state index contributed by atoms with van der Waals surface area (Å²) in [5, 5.41) is 4.02. The van der Waals surface area contributed by atoms with E-state index in [0.29, 0.717) is 22.3 Å². The second-order valence-corrected chi connectivity index (χ2v) is 4.22. The number of aromatic nitrogens is 1. The summed E-state index contributed by atoms with van der Waals surface area (Å²) in [4.78, 5) is 4.02. The van der Waals surface area contributed by atoms with E-state index in [2.05, 4.69) is 16.2 Å². The second-order valence-electron chi connectivity index (χ2n) is 3.05. The van der Waals surface area contributed by atoms with E-state index in [-0.39, 0.29) is 11.2 Å². The van der Waals surface area contributed by atoms with Crippen LogP contribution in [-0.2, 0) is 0 Å². The SMILES string of the molecule is C#CCC(C)Nc1nc(Cl)c(Cl)cc1Cl. The van der Waals surface area contributed by atoms with Crippen molar-refractivity contribution in [3.8, 4) is 12.3 Å². The third-order valence-corrected chi connectivity index (χ3v) is 2.65. The maximum Gasteiger partial charge on any atom is 0.150 e. The van der Waals surface area contributed by atoms with Crippen LogP contribution in [0.3, 0.4) is 0 Å². The van der Waals surface area contributed by atoms with E-state index >= 15 is 0 Å². The van der Waals surface area contributed by atoms with Crippen LogP contribution in [-0.4, -0.2) is 11.0 Å². The van der Waals surface area contributed by atoms with Gasteiger partial charge in [0, 0.05) is 12.5 Å². The molecule has 0 aliphatic rings. The summed E-state index contributed by atoms with van der Waals surface area (Å²) in [6.07, 6.45) is 5.77. The molecule has 1 unspecified atom stereocenters. The third kappa shape index (κ3) is 3.46. The quantitative estimate of drug-likeness (QED) is 0.661. The topological polar surface area (TPSA) is 24.9 Å². The van der Waals surface area contributed by atoms with Gasteiger partial charge in [-0.1, -0.05) is 34.8 Å². The van der Waals surface area contributed by atoms with E-state index in [1.54, 1.807) is 6.07 Å². The zero-order valence-corrected chi connectivity index (χ0v) is 10.3. The normalized spacial score (nSPS) is 11.9. The fourth-order valence-corrected chi connectivity index (χ4v) is 1.56. The van der Waals surface area contributed by atoms with Crippen LogP contribution in [0.15, 0.2) is 6.07 Å². The monoisotopic (exact) mass is 262 g/mol. The lowest BCUT2D eigenvalue weighted by Crippen LogP contribution is -2.15. The molecule has 0 saturated heterocycles. The Kier molecular flexibility index (Phi) is 4.53. The number of nitrogens with one attached hydrogen (secondary N) is 1. The predicted molar refractivity (Wildman–Crippen MR) is 65.8 cm³/mol. The summed E-state index contributed by atoms with van der Waals surface area (Å²) in [5.41, 5.74) is 0. The standard InChI is InChI=1S/C10H9Cl3N2/c1-3-4-6(2)14-10-8(12)5-7(11)9(13)15-10/h1,5-6H,4H2,2H3,(H,14,15). The van der Waals surface area contributed by atoms with Crippen LogP contribution in [0.4, 0.5) is 5.82 Å². The lowest BCUT2D eigenvalue weighted by atomic mass is 10.2. The number of hydrogen-bond acceptors (Lipinski definition) is 2. The van der Waals surface area contributed by atoms with Crippen molar-refractivity contribution in [2.75, 3.05) is 5.32 Å². The minimum Gasteiger partial charge on any atom is -0.365 e. The maximum absolute atomic E-state index is 5.93. The van der Waals surface area contributed by atoms with Crippen LogP contribution in [0.5, 0.6) is 0 Å². The molecule has 1 atom stereocenters. The molecule has 2 nitrogen and oxygen atoms in total. The highest BCUT2D eigenvalue weighted by Crippen LogP contribution is 2.29. The molecule has 5 heteroatoms. The van der Waals surface area contributed by atoms with Crippen LogP contribution in [0.25, 0.3) is 0 Å². The fraction of sp³-hybridized carbons (Fsp3) is 0.300. The summed E-state index contributed by atoms with van der Waals surface area (Å²) in [7, 11) is 0. The first-order chi connectivity index (χ1) is 7.04. The van der Waals surface area contributed by atoms with Crippen LogP contribution in [0.1, 0.15) is 13.3 Å². The van der Waals surface area contributed by atoms with E-state index in [9.17, 15) is 0 Å². The lowest BCUT2D eigenvalue weighted by Gasteiger charge is -2.13. The predicted octanol–water partition coefficient (Wildman–Crippen LogP) is 3.87. The van der Waals surface area contributed by atoms with Gasteiger partial charge >= 0.3 is 0 Å². The van der Waals surface area contributed by atoms with E-state index < -0.39 is 0 Å². The average molecular weight is 264 g/mol. The molecule has 0 radical (unpaired) electrons. The van der Waals surface area contributed by atoms with Gasteiger partial charge in [-0.2, -0.15) is 0 Å². The van der Waals surface area contributed by atoms with Gasteiger partial charge in [0.1, 0.15) is 11.0 Å². The first-order valence-corrected chi connectivity index (χ1v) is 5.39. The molecule has 0 bridgehead atoms. The number of terminal acetylenes is 1. The molecular weight excluding hydrogens is 254 g/mol. The molecule has 80 valence electrons. The van der Waals surface area contributed by atoms with Gasteiger partial charge < -0.3 is 5.32 Å². The molecule has 0 aliphatic heterocycles. The summed E-state index contributed by atoms with van der Waals surface area (Å²) < 4.78 is 0. The van der Waals surface area contributed by atoms with Crippen LogP contribution in [0.2, 0.25) is 15.2 Å². The molecule has 1 N–H and O–H groups in total. The number of rotatable bonds is 3.